The number of hydrogen-bond acceptors (Lipinski definition) is 4. The summed E-state index contributed by atoms with van der Waals surface area (Å²) in [7, 11) is 0. The van der Waals surface area contributed by atoms with Gasteiger partial charge in [0.15, 0.2) is 0 Å². The molecule has 1 amide bonds. The summed E-state index contributed by atoms with van der Waals surface area (Å²) in [4.78, 5) is 21.3. The summed E-state index contributed by atoms with van der Waals surface area (Å²) < 4.78 is 5.73. The molecule has 1 aromatic heterocycles. The number of amides is 1. The number of piperazine rings is 1. The van der Waals surface area contributed by atoms with Gasteiger partial charge in [0, 0.05) is 31.7 Å². The van der Waals surface area contributed by atoms with E-state index in [2.05, 4.69) is 16.8 Å². The molecule has 23 heavy (non-hydrogen) atoms. The van der Waals surface area contributed by atoms with Crippen molar-refractivity contribution >= 4 is 5.91 Å². The second-order valence-electron chi connectivity index (χ2n) is 5.88. The Kier molecular flexibility index (Phi) is 4.76. The minimum absolute atomic E-state index is 0.136. The molecule has 0 N–H and O–H groups in total. The number of likely N-dealkylation sites (N-methyl/N-ethyl adjacent to an activating group) is 1. The van der Waals surface area contributed by atoms with Crippen LogP contribution in [0.3, 0.4) is 0 Å². The van der Waals surface area contributed by atoms with Gasteiger partial charge in [-0.3, -0.25) is 4.79 Å². The second-order valence-corrected chi connectivity index (χ2v) is 5.88. The van der Waals surface area contributed by atoms with Gasteiger partial charge in [0.2, 0.25) is 11.8 Å². The first-order chi connectivity index (χ1) is 11.2. The minimum Gasteiger partial charge on any atom is -0.441 e. The minimum atomic E-state index is 0.136. The third-order valence-corrected chi connectivity index (χ3v) is 4.40. The van der Waals surface area contributed by atoms with Crippen LogP contribution in [0.2, 0.25) is 0 Å². The molecule has 0 radical (unpaired) electrons. The molecule has 1 saturated heterocycles. The van der Waals surface area contributed by atoms with Gasteiger partial charge in [0.25, 0.3) is 0 Å². The first kappa shape index (κ1) is 15.7. The van der Waals surface area contributed by atoms with Crippen molar-refractivity contribution in [3.63, 3.8) is 0 Å². The van der Waals surface area contributed by atoms with Crippen LogP contribution in [0.4, 0.5) is 0 Å². The van der Waals surface area contributed by atoms with Crippen molar-refractivity contribution in [2.75, 3.05) is 32.7 Å². The highest BCUT2D eigenvalue weighted by molar-refractivity contribution is 5.78. The highest BCUT2D eigenvalue weighted by Gasteiger charge is 2.22. The van der Waals surface area contributed by atoms with E-state index in [0.717, 1.165) is 49.7 Å². The molecule has 1 aromatic carbocycles. The summed E-state index contributed by atoms with van der Waals surface area (Å²) in [6, 6.07) is 9.78. The number of aromatic nitrogens is 1. The van der Waals surface area contributed by atoms with Gasteiger partial charge < -0.3 is 14.2 Å². The molecule has 0 bridgehead atoms. The third-order valence-electron chi connectivity index (χ3n) is 4.40. The zero-order valence-corrected chi connectivity index (χ0v) is 13.8. The highest BCUT2D eigenvalue weighted by Crippen LogP contribution is 2.22. The highest BCUT2D eigenvalue weighted by atomic mass is 16.4. The van der Waals surface area contributed by atoms with Crippen molar-refractivity contribution in [3.8, 4) is 11.5 Å². The summed E-state index contributed by atoms with van der Waals surface area (Å²) in [5.74, 6) is 1.45. The van der Waals surface area contributed by atoms with Crippen LogP contribution in [0, 0.1) is 6.92 Å². The van der Waals surface area contributed by atoms with Crippen LogP contribution < -0.4 is 0 Å². The Morgan fingerprint density at radius 2 is 1.87 bits per heavy atom. The Morgan fingerprint density at radius 1 is 1.17 bits per heavy atom. The van der Waals surface area contributed by atoms with Crippen molar-refractivity contribution in [2.45, 2.75) is 20.3 Å². The van der Waals surface area contributed by atoms with E-state index in [-0.39, 0.29) is 5.91 Å². The molecule has 2 heterocycles. The molecular weight excluding hydrogens is 290 g/mol. The topological polar surface area (TPSA) is 49.6 Å². The number of carbonyl (C=O) groups is 1. The van der Waals surface area contributed by atoms with Gasteiger partial charge in [0.05, 0.1) is 12.1 Å². The van der Waals surface area contributed by atoms with Gasteiger partial charge >= 0.3 is 0 Å². The number of benzene rings is 1. The quantitative estimate of drug-likeness (QED) is 0.869. The lowest BCUT2D eigenvalue weighted by atomic mass is 10.2. The molecule has 1 fully saturated rings. The van der Waals surface area contributed by atoms with Crippen LogP contribution in [0.5, 0.6) is 0 Å². The molecule has 0 spiro atoms. The van der Waals surface area contributed by atoms with E-state index in [1.165, 1.54) is 0 Å². The maximum Gasteiger partial charge on any atom is 0.228 e. The smallest absolute Gasteiger partial charge is 0.228 e. The second kappa shape index (κ2) is 6.96. The van der Waals surface area contributed by atoms with Gasteiger partial charge in [-0.15, -0.1) is 0 Å². The van der Waals surface area contributed by atoms with Crippen LogP contribution >= 0.6 is 0 Å². The van der Waals surface area contributed by atoms with E-state index in [9.17, 15) is 4.79 Å². The Balaban J connectivity index is 1.66. The van der Waals surface area contributed by atoms with Gasteiger partial charge in [-0.1, -0.05) is 25.1 Å². The molecule has 5 heteroatoms. The molecule has 1 aliphatic rings. The third kappa shape index (κ3) is 3.62. The molecule has 0 aliphatic carbocycles. The number of oxazole rings is 1. The van der Waals surface area contributed by atoms with Crippen molar-refractivity contribution in [1.82, 2.24) is 14.8 Å². The van der Waals surface area contributed by atoms with Crippen LogP contribution in [0.15, 0.2) is 34.7 Å². The van der Waals surface area contributed by atoms with Gasteiger partial charge in [-0.25, -0.2) is 4.98 Å². The molecule has 3 rings (SSSR count). The van der Waals surface area contributed by atoms with Gasteiger partial charge in [0.1, 0.15) is 5.76 Å². The summed E-state index contributed by atoms with van der Waals surface area (Å²) in [6.45, 7) is 8.58. The first-order valence-corrected chi connectivity index (χ1v) is 8.19. The maximum atomic E-state index is 12.5. The van der Waals surface area contributed by atoms with Crippen molar-refractivity contribution in [2.24, 2.45) is 0 Å². The number of carbonyl (C=O) groups excluding carboxylic acids is 1. The normalized spacial score (nSPS) is 15.8. The Morgan fingerprint density at radius 3 is 2.52 bits per heavy atom. The van der Waals surface area contributed by atoms with E-state index in [4.69, 9.17) is 4.42 Å². The van der Waals surface area contributed by atoms with Crippen LogP contribution in [-0.4, -0.2) is 53.4 Å². The number of hydrogen-bond donors (Lipinski definition) is 0. The Labute approximate surface area is 136 Å². The van der Waals surface area contributed by atoms with E-state index in [1.807, 2.05) is 42.2 Å². The lowest BCUT2D eigenvalue weighted by molar-refractivity contribution is -0.132. The molecule has 122 valence electrons. The lowest BCUT2D eigenvalue weighted by Gasteiger charge is -2.34. The lowest BCUT2D eigenvalue weighted by Crippen LogP contribution is -2.48. The zero-order valence-electron chi connectivity index (χ0n) is 13.8. The predicted molar refractivity (Wildman–Crippen MR) is 89.1 cm³/mol. The largest absolute Gasteiger partial charge is 0.441 e. The number of aryl methyl sites for hydroxylation is 1. The maximum absolute atomic E-state index is 12.5. The summed E-state index contributed by atoms with van der Waals surface area (Å²) in [6.07, 6.45) is 0.314. The summed E-state index contributed by atoms with van der Waals surface area (Å²) >= 11 is 0. The molecule has 0 atom stereocenters. The van der Waals surface area contributed by atoms with Crippen molar-refractivity contribution in [1.29, 1.82) is 0 Å². The standard InChI is InChI=1S/C18H23N3O2/c1-3-20-9-11-21(12-10-20)17(22)13-16-14(2)23-18(19-16)15-7-5-4-6-8-15/h4-8H,3,9-13H2,1-2H3. The van der Waals surface area contributed by atoms with Gasteiger partial charge in [-0.2, -0.15) is 0 Å². The molecule has 5 nitrogen and oxygen atoms in total. The number of nitrogens with zero attached hydrogens (tertiary/aromatic N) is 3. The zero-order chi connectivity index (χ0) is 16.2. The van der Waals surface area contributed by atoms with Crippen LogP contribution in [0.1, 0.15) is 18.4 Å². The molecule has 1 aliphatic heterocycles. The summed E-state index contributed by atoms with van der Waals surface area (Å²) in [5, 5.41) is 0. The monoisotopic (exact) mass is 313 g/mol. The fraction of sp³-hybridized carbons (Fsp3) is 0.444. The van der Waals surface area contributed by atoms with Crippen LogP contribution in [-0.2, 0) is 11.2 Å². The number of rotatable bonds is 4. The summed E-state index contributed by atoms with van der Waals surface area (Å²) in [5.41, 5.74) is 1.68. The molecule has 2 aromatic rings. The Hall–Kier alpha value is -2.14. The molecule has 0 unspecified atom stereocenters. The van der Waals surface area contributed by atoms with Crippen molar-refractivity contribution in [3.05, 3.63) is 41.8 Å². The fourth-order valence-corrected chi connectivity index (χ4v) is 2.86. The molecular formula is C18H23N3O2. The first-order valence-electron chi connectivity index (χ1n) is 8.19. The van der Waals surface area contributed by atoms with E-state index in [1.54, 1.807) is 0 Å². The van der Waals surface area contributed by atoms with E-state index >= 15 is 0 Å². The van der Waals surface area contributed by atoms with Crippen molar-refractivity contribution < 1.29 is 9.21 Å². The SMILES string of the molecule is CCN1CCN(C(=O)Cc2nc(-c3ccccc3)oc2C)CC1. The average Bonchev–Trinajstić information content (AvgIpc) is 2.96. The average molecular weight is 313 g/mol. The van der Waals surface area contributed by atoms with E-state index in [0.29, 0.717) is 12.3 Å². The fourth-order valence-electron chi connectivity index (χ4n) is 2.86. The predicted octanol–water partition coefficient (Wildman–Crippen LogP) is 2.36. The Bertz CT molecular complexity index is 658. The molecule has 0 saturated carbocycles. The van der Waals surface area contributed by atoms with Crippen LogP contribution in [0.25, 0.3) is 11.5 Å². The van der Waals surface area contributed by atoms with E-state index < -0.39 is 0 Å². The van der Waals surface area contributed by atoms with Gasteiger partial charge in [-0.05, 0) is 25.6 Å².